The van der Waals surface area contributed by atoms with Crippen molar-refractivity contribution in [3.8, 4) is 5.75 Å². The standard InChI is InChI=1S/C15H18F2N2O2/c1-9(12-7-18-8-12)14(20)19-10(2)11-4-3-5-13(6-11)21-15(16)17/h3-6,10,15,18H,7-8H2,1-2H3,(H,19,20). The normalized spacial score (nSPS) is 15.4. The van der Waals surface area contributed by atoms with E-state index in [1.54, 1.807) is 26.0 Å². The maximum absolute atomic E-state index is 12.2. The fraction of sp³-hybridized carbons (Fsp3) is 0.400. The van der Waals surface area contributed by atoms with Crippen molar-refractivity contribution < 1.29 is 18.3 Å². The van der Waals surface area contributed by atoms with Gasteiger partial charge in [0.1, 0.15) is 5.75 Å². The molecule has 0 aromatic heterocycles. The molecule has 0 radical (unpaired) electrons. The van der Waals surface area contributed by atoms with Gasteiger partial charge in [-0.25, -0.2) is 0 Å². The molecular formula is C15H18F2N2O2. The monoisotopic (exact) mass is 296 g/mol. The van der Waals surface area contributed by atoms with Gasteiger partial charge < -0.3 is 15.4 Å². The summed E-state index contributed by atoms with van der Waals surface area (Å²) in [5, 5.41) is 5.94. The number of hydrogen-bond acceptors (Lipinski definition) is 3. The summed E-state index contributed by atoms with van der Waals surface area (Å²) in [5.41, 5.74) is 2.51. The number of amides is 1. The Balaban J connectivity index is 2.02. The number of rotatable bonds is 5. The van der Waals surface area contributed by atoms with Crippen LogP contribution in [0.15, 0.2) is 35.4 Å². The predicted molar refractivity (Wildman–Crippen MR) is 75.2 cm³/mol. The number of ether oxygens (including phenoxy) is 1. The predicted octanol–water partition coefficient (Wildman–Crippen LogP) is 2.38. The summed E-state index contributed by atoms with van der Waals surface area (Å²) in [6.07, 6.45) is 0. The Kier molecular flexibility index (Phi) is 4.90. The second-order valence-corrected chi connectivity index (χ2v) is 4.98. The summed E-state index contributed by atoms with van der Waals surface area (Å²) in [7, 11) is 0. The van der Waals surface area contributed by atoms with E-state index in [1.807, 2.05) is 0 Å². The summed E-state index contributed by atoms with van der Waals surface area (Å²) in [4.78, 5) is 12.1. The molecule has 6 heteroatoms. The van der Waals surface area contributed by atoms with Crippen LogP contribution in [0.5, 0.6) is 5.75 Å². The molecule has 1 atom stereocenters. The van der Waals surface area contributed by atoms with E-state index >= 15 is 0 Å². The summed E-state index contributed by atoms with van der Waals surface area (Å²) in [6, 6.07) is 6.05. The van der Waals surface area contributed by atoms with Gasteiger partial charge in [0.25, 0.3) is 0 Å². The van der Waals surface area contributed by atoms with Gasteiger partial charge in [0.15, 0.2) is 0 Å². The van der Waals surface area contributed by atoms with Gasteiger partial charge in [-0.3, -0.25) is 4.79 Å². The average molecular weight is 296 g/mol. The molecule has 0 bridgehead atoms. The molecule has 1 unspecified atom stereocenters. The lowest BCUT2D eigenvalue weighted by atomic mass is 10.0. The summed E-state index contributed by atoms with van der Waals surface area (Å²) < 4.78 is 28.8. The van der Waals surface area contributed by atoms with Gasteiger partial charge in [0, 0.05) is 18.7 Å². The molecule has 1 amide bonds. The lowest BCUT2D eigenvalue weighted by Crippen LogP contribution is -2.38. The molecule has 1 saturated heterocycles. The minimum absolute atomic E-state index is 0.0851. The Hall–Kier alpha value is -1.95. The topological polar surface area (TPSA) is 50.4 Å². The number of halogens is 2. The van der Waals surface area contributed by atoms with Crippen LogP contribution in [0.25, 0.3) is 0 Å². The van der Waals surface area contributed by atoms with Crippen molar-refractivity contribution in [2.75, 3.05) is 13.1 Å². The number of nitrogens with one attached hydrogen (secondary N) is 2. The molecule has 0 saturated carbocycles. The Labute approximate surface area is 122 Å². The first-order valence-electron chi connectivity index (χ1n) is 6.72. The van der Waals surface area contributed by atoms with E-state index in [0.717, 1.165) is 18.7 Å². The van der Waals surface area contributed by atoms with Gasteiger partial charge in [-0.15, -0.1) is 0 Å². The van der Waals surface area contributed by atoms with Crippen LogP contribution >= 0.6 is 0 Å². The molecule has 1 aliphatic heterocycles. The van der Waals surface area contributed by atoms with Gasteiger partial charge in [0.2, 0.25) is 5.91 Å². The van der Waals surface area contributed by atoms with Crippen molar-refractivity contribution in [2.24, 2.45) is 0 Å². The maximum Gasteiger partial charge on any atom is 0.387 e. The van der Waals surface area contributed by atoms with Gasteiger partial charge in [-0.1, -0.05) is 12.1 Å². The Morgan fingerprint density at radius 1 is 1.38 bits per heavy atom. The van der Waals surface area contributed by atoms with E-state index < -0.39 is 6.61 Å². The van der Waals surface area contributed by atoms with Gasteiger partial charge in [0.05, 0.1) is 6.04 Å². The van der Waals surface area contributed by atoms with Crippen LogP contribution < -0.4 is 15.4 Å². The molecule has 2 rings (SSSR count). The minimum Gasteiger partial charge on any atom is -0.435 e. The molecule has 1 heterocycles. The smallest absolute Gasteiger partial charge is 0.387 e. The highest BCUT2D eigenvalue weighted by Crippen LogP contribution is 2.21. The SMILES string of the molecule is CC(C(=O)NC(C)c1cccc(OC(F)F)c1)=C1CNC1. The van der Waals surface area contributed by atoms with E-state index in [9.17, 15) is 13.6 Å². The molecule has 1 aromatic rings. The van der Waals surface area contributed by atoms with Crippen molar-refractivity contribution >= 4 is 5.91 Å². The van der Waals surface area contributed by atoms with Crippen LogP contribution in [0.2, 0.25) is 0 Å². The lowest BCUT2D eigenvalue weighted by molar-refractivity contribution is -0.118. The Bertz CT molecular complexity index is 552. The molecule has 1 fully saturated rings. The van der Waals surface area contributed by atoms with Crippen molar-refractivity contribution in [1.29, 1.82) is 0 Å². The van der Waals surface area contributed by atoms with Crippen LogP contribution in [0.4, 0.5) is 8.78 Å². The van der Waals surface area contributed by atoms with Crippen LogP contribution in [-0.2, 0) is 4.79 Å². The van der Waals surface area contributed by atoms with Gasteiger partial charge in [-0.2, -0.15) is 8.78 Å². The van der Waals surface area contributed by atoms with Gasteiger partial charge in [-0.05, 0) is 37.1 Å². The second kappa shape index (κ2) is 6.67. The molecule has 2 N–H and O–H groups in total. The highest BCUT2D eigenvalue weighted by Gasteiger charge is 2.18. The van der Waals surface area contributed by atoms with Crippen molar-refractivity contribution in [1.82, 2.24) is 10.6 Å². The first kappa shape index (κ1) is 15.4. The number of benzene rings is 1. The highest BCUT2D eigenvalue weighted by atomic mass is 19.3. The number of hydrogen-bond donors (Lipinski definition) is 2. The van der Waals surface area contributed by atoms with Crippen molar-refractivity contribution in [3.63, 3.8) is 0 Å². The fourth-order valence-corrected chi connectivity index (χ4v) is 2.02. The highest BCUT2D eigenvalue weighted by molar-refractivity contribution is 5.94. The van der Waals surface area contributed by atoms with E-state index in [2.05, 4.69) is 15.4 Å². The quantitative estimate of drug-likeness (QED) is 0.820. The summed E-state index contributed by atoms with van der Waals surface area (Å²) in [5.74, 6) is -0.0546. The third-order valence-electron chi connectivity index (χ3n) is 3.48. The van der Waals surface area contributed by atoms with E-state index in [1.165, 1.54) is 12.1 Å². The minimum atomic E-state index is -2.86. The fourth-order valence-electron chi connectivity index (χ4n) is 2.02. The average Bonchev–Trinajstić information content (AvgIpc) is 2.36. The van der Waals surface area contributed by atoms with E-state index in [-0.39, 0.29) is 17.7 Å². The first-order chi connectivity index (χ1) is 9.97. The molecule has 0 spiro atoms. The summed E-state index contributed by atoms with van der Waals surface area (Å²) >= 11 is 0. The maximum atomic E-state index is 12.2. The molecule has 1 aromatic carbocycles. The van der Waals surface area contributed by atoms with E-state index in [0.29, 0.717) is 11.1 Å². The molecule has 114 valence electrons. The number of carbonyl (C=O) groups excluding carboxylic acids is 1. The van der Waals surface area contributed by atoms with Crippen molar-refractivity contribution in [3.05, 3.63) is 41.0 Å². The van der Waals surface area contributed by atoms with Crippen LogP contribution in [-0.4, -0.2) is 25.6 Å². The third-order valence-corrected chi connectivity index (χ3v) is 3.48. The molecular weight excluding hydrogens is 278 g/mol. The van der Waals surface area contributed by atoms with Crippen LogP contribution in [0.3, 0.4) is 0 Å². The van der Waals surface area contributed by atoms with Crippen LogP contribution in [0, 0.1) is 0 Å². The summed E-state index contributed by atoms with van der Waals surface area (Å²) in [6.45, 7) is 2.21. The Morgan fingerprint density at radius 3 is 2.67 bits per heavy atom. The lowest BCUT2D eigenvalue weighted by Gasteiger charge is -2.23. The zero-order valence-electron chi connectivity index (χ0n) is 12.0. The molecule has 4 nitrogen and oxygen atoms in total. The Morgan fingerprint density at radius 2 is 2.10 bits per heavy atom. The number of carbonyl (C=O) groups is 1. The largest absolute Gasteiger partial charge is 0.435 e. The zero-order valence-corrected chi connectivity index (χ0v) is 12.0. The third kappa shape index (κ3) is 4.01. The molecule has 21 heavy (non-hydrogen) atoms. The van der Waals surface area contributed by atoms with Gasteiger partial charge >= 0.3 is 6.61 Å². The van der Waals surface area contributed by atoms with E-state index in [4.69, 9.17) is 0 Å². The second-order valence-electron chi connectivity index (χ2n) is 4.98. The zero-order chi connectivity index (χ0) is 15.4. The number of alkyl halides is 2. The van der Waals surface area contributed by atoms with Crippen LogP contribution in [0.1, 0.15) is 25.5 Å². The first-order valence-corrected chi connectivity index (χ1v) is 6.72. The molecule has 1 aliphatic rings. The van der Waals surface area contributed by atoms with Crippen molar-refractivity contribution in [2.45, 2.75) is 26.5 Å². The molecule has 0 aliphatic carbocycles.